The van der Waals surface area contributed by atoms with Crippen LogP contribution in [-0.2, 0) is 9.84 Å². The molecule has 0 aliphatic carbocycles. The maximum atomic E-state index is 11.6. The van der Waals surface area contributed by atoms with Crippen molar-refractivity contribution in [3.8, 4) is 33.8 Å². The first-order valence-electron chi connectivity index (χ1n) is 7.67. The molecule has 3 aromatic rings. The number of aromatic hydroxyl groups is 1. The number of hydrogen-bond donors (Lipinski definition) is 1. The van der Waals surface area contributed by atoms with Crippen LogP contribution in [0.3, 0.4) is 0 Å². The number of rotatable bonds is 4. The summed E-state index contributed by atoms with van der Waals surface area (Å²) in [5, 5.41) is 10.4. The van der Waals surface area contributed by atoms with E-state index in [1.807, 2.05) is 30.3 Å². The van der Waals surface area contributed by atoms with Crippen LogP contribution in [-0.4, -0.2) is 26.9 Å². The quantitative estimate of drug-likeness (QED) is 0.765. The monoisotopic (exact) mass is 354 g/mol. The Morgan fingerprint density at radius 1 is 0.880 bits per heavy atom. The largest absolute Gasteiger partial charge is 0.507 e. The molecule has 0 saturated heterocycles. The Labute approximate surface area is 147 Å². The molecule has 0 aromatic heterocycles. The summed E-state index contributed by atoms with van der Waals surface area (Å²) in [7, 11) is -1.66. The first kappa shape index (κ1) is 17.0. The molecule has 0 bridgehead atoms. The highest BCUT2D eigenvalue weighted by molar-refractivity contribution is 7.90. The summed E-state index contributed by atoms with van der Waals surface area (Å²) in [6.07, 6.45) is 1.18. The van der Waals surface area contributed by atoms with Gasteiger partial charge in [0.2, 0.25) is 0 Å². The van der Waals surface area contributed by atoms with E-state index in [0.29, 0.717) is 11.3 Å². The van der Waals surface area contributed by atoms with E-state index < -0.39 is 9.84 Å². The fourth-order valence-corrected chi connectivity index (χ4v) is 3.37. The van der Waals surface area contributed by atoms with E-state index in [0.717, 1.165) is 16.7 Å². The SMILES string of the molecule is COc1cccc(-c2c(O)cccc2-c2ccc(S(C)(=O)=O)cc2)c1. The predicted molar refractivity (Wildman–Crippen MR) is 98.6 cm³/mol. The van der Waals surface area contributed by atoms with E-state index in [1.165, 1.54) is 6.26 Å². The molecule has 0 radical (unpaired) electrons. The van der Waals surface area contributed by atoms with Crippen molar-refractivity contribution in [2.45, 2.75) is 4.90 Å². The normalized spacial score (nSPS) is 11.3. The molecule has 0 saturated carbocycles. The van der Waals surface area contributed by atoms with Gasteiger partial charge in [0.05, 0.1) is 12.0 Å². The van der Waals surface area contributed by atoms with Crippen LogP contribution in [0.1, 0.15) is 0 Å². The van der Waals surface area contributed by atoms with Crippen LogP contribution in [0, 0.1) is 0 Å². The molecule has 0 aliphatic heterocycles. The smallest absolute Gasteiger partial charge is 0.175 e. The van der Waals surface area contributed by atoms with E-state index >= 15 is 0 Å². The predicted octanol–water partition coefficient (Wildman–Crippen LogP) is 4.14. The summed E-state index contributed by atoms with van der Waals surface area (Å²) in [5.74, 6) is 0.845. The maximum Gasteiger partial charge on any atom is 0.175 e. The average Bonchev–Trinajstić information content (AvgIpc) is 2.61. The fraction of sp³-hybridized carbons (Fsp3) is 0.100. The third kappa shape index (κ3) is 3.51. The molecule has 3 aromatic carbocycles. The van der Waals surface area contributed by atoms with E-state index in [2.05, 4.69) is 0 Å². The number of phenols is 1. The third-order valence-electron chi connectivity index (χ3n) is 3.99. The van der Waals surface area contributed by atoms with Crippen molar-refractivity contribution in [1.29, 1.82) is 0 Å². The third-order valence-corrected chi connectivity index (χ3v) is 5.12. The zero-order valence-electron chi connectivity index (χ0n) is 13.9. The lowest BCUT2D eigenvalue weighted by Gasteiger charge is -2.13. The summed E-state index contributed by atoms with van der Waals surface area (Å²) in [5.41, 5.74) is 3.13. The maximum absolute atomic E-state index is 11.6. The van der Waals surface area contributed by atoms with Crippen molar-refractivity contribution in [2.24, 2.45) is 0 Å². The Morgan fingerprint density at radius 2 is 1.56 bits per heavy atom. The van der Waals surface area contributed by atoms with Gasteiger partial charge in [0.1, 0.15) is 11.5 Å². The van der Waals surface area contributed by atoms with Crippen LogP contribution < -0.4 is 4.74 Å². The molecule has 0 aliphatic rings. The van der Waals surface area contributed by atoms with Crippen LogP contribution in [0.15, 0.2) is 71.6 Å². The lowest BCUT2D eigenvalue weighted by Crippen LogP contribution is -1.96. The highest BCUT2D eigenvalue weighted by atomic mass is 32.2. The highest BCUT2D eigenvalue weighted by Crippen LogP contribution is 2.39. The number of hydrogen-bond acceptors (Lipinski definition) is 4. The summed E-state index contributed by atoms with van der Waals surface area (Å²) in [6.45, 7) is 0. The Morgan fingerprint density at radius 3 is 2.20 bits per heavy atom. The van der Waals surface area contributed by atoms with Gasteiger partial charge >= 0.3 is 0 Å². The van der Waals surface area contributed by atoms with Crippen LogP contribution in [0.5, 0.6) is 11.5 Å². The van der Waals surface area contributed by atoms with Gasteiger partial charge in [0, 0.05) is 11.8 Å². The van der Waals surface area contributed by atoms with Crippen LogP contribution in [0.2, 0.25) is 0 Å². The molecule has 0 unspecified atom stereocenters. The molecule has 3 rings (SSSR count). The van der Waals surface area contributed by atoms with Gasteiger partial charge in [-0.15, -0.1) is 0 Å². The molecule has 0 heterocycles. The molecule has 0 atom stereocenters. The first-order valence-corrected chi connectivity index (χ1v) is 9.56. The standard InChI is InChI=1S/C20H18O4S/c1-24-16-6-3-5-15(13-16)20-18(7-4-8-19(20)21)14-9-11-17(12-10-14)25(2,22)23/h3-13,21H,1-2H3. The second-order valence-corrected chi connectivity index (χ2v) is 7.74. The van der Waals surface area contributed by atoms with Gasteiger partial charge in [0.25, 0.3) is 0 Å². The summed E-state index contributed by atoms with van der Waals surface area (Å²) >= 11 is 0. The average molecular weight is 354 g/mol. The van der Waals surface area contributed by atoms with E-state index in [4.69, 9.17) is 4.74 Å². The van der Waals surface area contributed by atoms with Gasteiger partial charge in [-0.25, -0.2) is 8.42 Å². The molecule has 4 nitrogen and oxygen atoms in total. The molecule has 0 fully saturated rings. The Bertz CT molecular complexity index is 1010. The van der Waals surface area contributed by atoms with Crippen molar-refractivity contribution < 1.29 is 18.3 Å². The van der Waals surface area contributed by atoms with Gasteiger partial charge in [-0.2, -0.15) is 0 Å². The fourth-order valence-electron chi connectivity index (χ4n) is 2.74. The first-order chi connectivity index (χ1) is 11.9. The van der Waals surface area contributed by atoms with Gasteiger partial charge in [-0.05, 0) is 47.0 Å². The number of sulfone groups is 1. The second-order valence-electron chi connectivity index (χ2n) is 5.73. The minimum absolute atomic E-state index is 0.151. The number of methoxy groups -OCH3 is 1. The van der Waals surface area contributed by atoms with E-state index in [-0.39, 0.29) is 10.6 Å². The van der Waals surface area contributed by atoms with E-state index in [9.17, 15) is 13.5 Å². The summed E-state index contributed by atoms with van der Waals surface area (Å²) in [6, 6.07) is 19.4. The lowest BCUT2D eigenvalue weighted by atomic mass is 9.93. The molecule has 1 N–H and O–H groups in total. The minimum atomic E-state index is -3.25. The Kier molecular flexibility index (Phi) is 4.51. The van der Waals surface area contributed by atoms with Gasteiger partial charge in [-0.3, -0.25) is 0 Å². The van der Waals surface area contributed by atoms with Crippen LogP contribution in [0.4, 0.5) is 0 Å². The molecule has 25 heavy (non-hydrogen) atoms. The van der Waals surface area contributed by atoms with Crippen molar-refractivity contribution in [2.75, 3.05) is 13.4 Å². The molecular weight excluding hydrogens is 336 g/mol. The topological polar surface area (TPSA) is 63.6 Å². The van der Waals surface area contributed by atoms with Crippen molar-refractivity contribution in [1.82, 2.24) is 0 Å². The zero-order valence-corrected chi connectivity index (χ0v) is 14.7. The van der Waals surface area contributed by atoms with Crippen LogP contribution >= 0.6 is 0 Å². The Hall–Kier alpha value is -2.79. The van der Waals surface area contributed by atoms with Crippen molar-refractivity contribution in [3.05, 3.63) is 66.7 Å². The molecular formula is C20H18O4S. The second kappa shape index (κ2) is 6.61. The van der Waals surface area contributed by atoms with Crippen LogP contribution in [0.25, 0.3) is 22.3 Å². The molecule has 128 valence electrons. The van der Waals surface area contributed by atoms with Crippen molar-refractivity contribution >= 4 is 9.84 Å². The van der Waals surface area contributed by atoms with E-state index in [1.54, 1.807) is 43.5 Å². The highest BCUT2D eigenvalue weighted by Gasteiger charge is 2.14. The summed E-state index contributed by atoms with van der Waals surface area (Å²) < 4.78 is 28.5. The minimum Gasteiger partial charge on any atom is -0.507 e. The summed E-state index contributed by atoms with van der Waals surface area (Å²) in [4.78, 5) is 0.263. The number of benzene rings is 3. The number of phenolic OH excluding ortho intramolecular Hbond substituents is 1. The van der Waals surface area contributed by atoms with Gasteiger partial charge in [-0.1, -0.05) is 36.4 Å². The van der Waals surface area contributed by atoms with Gasteiger partial charge < -0.3 is 9.84 Å². The molecule has 0 spiro atoms. The molecule has 5 heteroatoms. The lowest BCUT2D eigenvalue weighted by molar-refractivity contribution is 0.415. The van der Waals surface area contributed by atoms with Crippen molar-refractivity contribution in [3.63, 3.8) is 0 Å². The number of ether oxygens (including phenoxy) is 1. The zero-order chi connectivity index (χ0) is 18.0. The molecule has 0 amide bonds. The van der Waals surface area contributed by atoms with Gasteiger partial charge in [0.15, 0.2) is 9.84 Å². The Balaban J connectivity index is 2.16.